The van der Waals surface area contributed by atoms with Gasteiger partial charge in [0.25, 0.3) is 0 Å². The Hall–Kier alpha value is -2.72. The van der Waals surface area contributed by atoms with Crippen molar-refractivity contribution in [2.75, 3.05) is 26.2 Å². The second kappa shape index (κ2) is 9.19. The Morgan fingerprint density at radius 1 is 1.32 bits per heavy atom. The Kier molecular flexibility index (Phi) is 6.80. The average Bonchev–Trinajstić information content (AvgIpc) is 3.39. The van der Waals surface area contributed by atoms with Crippen molar-refractivity contribution < 1.29 is 29.0 Å². The number of carboxylic acids is 1. The van der Waals surface area contributed by atoms with Crippen LogP contribution in [-0.4, -0.2) is 76.5 Å². The zero-order chi connectivity index (χ0) is 22.8. The zero-order valence-electron chi connectivity index (χ0n) is 17.9. The first-order valence-corrected chi connectivity index (χ1v) is 10.4. The van der Waals surface area contributed by atoms with Crippen molar-refractivity contribution in [1.29, 1.82) is 0 Å². The van der Waals surface area contributed by atoms with Gasteiger partial charge in [-0.2, -0.15) is 0 Å². The number of nitrogens with zero attached hydrogens (tertiary/aromatic N) is 2. The lowest BCUT2D eigenvalue weighted by atomic mass is 9.80. The number of ketones is 1. The molecule has 0 bridgehead atoms. The normalized spacial score (nSPS) is 23.1. The minimum absolute atomic E-state index is 0.0138. The molecular formula is C21H30N4O6. The molecule has 0 radical (unpaired) electrons. The molecule has 0 spiro atoms. The highest BCUT2D eigenvalue weighted by Crippen LogP contribution is 2.35. The van der Waals surface area contributed by atoms with Gasteiger partial charge in [0.05, 0.1) is 11.7 Å². The van der Waals surface area contributed by atoms with Crippen LogP contribution in [0.3, 0.4) is 0 Å². The number of hydrogen-bond donors (Lipinski definition) is 3. The van der Waals surface area contributed by atoms with E-state index in [-0.39, 0.29) is 24.4 Å². The lowest BCUT2D eigenvalue weighted by molar-refractivity contribution is -0.132. The fourth-order valence-electron chi connectivity index (χ4n) is 4.51. The minimum atomic E-state index is -1.13. The number of rotatable bonds is 9. The Labute approximate surface area is 180 Å². The van der Waals surface area contributed by atoms with Crippen LogP contribution in [0.2, 0.25) is 0 Å². The smallest absolute Gasteiger partial charge is 0.337 e. The number of ether oxygens (including phenoxy) is 1. The maximum Gasteiger partial charge on any atom is 0.337 e. The summed E-state index contributed by atoms with van der Waals surface area (Å²) >= 11 is 0. The lowest BCUT2D eigenvalue weighted by Crippen LogP contribution is -2.52. The van der Waals surface area contributed by atoms with E-state index < -0.39 is 41.4 Å². The number of primary amides is 1. The highest BCUT2D eigenvalue weighted by atomic mass is 16.5. The van der Waals surface area contributed by atoms with Crippen LogP contribution in [0.4, 0.5) is 0 Å². The summed E-state index contributed by atoms with van der Waals surface area (Å²) in [6.45, 7) is 5.77. The molecule has 1 aromatic heterocycles. The molecular weight excluding hydrogens is 404 g/mol. The summed E-state index contributed by atoms with van der Waals surface area (Å²) in [5.74, 6) is -2.41. The van der Waals surface area contributed by atoms with Gasteiger partial charge in [-0.05, 0) is 32.0 Å². The summed E-state index contributed by atoms with van der Waals surface area (Å²) < 4.78 is 7.10. The van der Waals surface area contributed by atoms with E-state index in [1.54, 1.807) is 13.8 Å². The van der Waals surface area contributed by atoms with E-state index in [1.165, 1.54) is 23.0 Å². The fraction of sp³-hybridized carbons (Fsp3) is 0.619. The van der Waals surface area contributed by atoms with Crippen LogP contribution < -0.4 is 11.1 Å². The quantitative estimate of drug-likeness (QED) is 0.503. The summed E-state index contributed by atoms with van der Waals surface area (Å²) in [5, 5.41) is 12.1. The molecule has 2 amide bonds. The van der Waals surface area contributed by atoms with Crippen LogP contribution in [0.15, 0.2) is 18.5 Å². The van der Waals surface area contributed by atoms with Crippen LogP contribution in [0, 0.1) is 5.41 Å². The van der Waals surface area contributed by atoms with Crippen molar-refractivity contribution in [2.45, 2.75) is 51.3 Å². The number of nitrogens with two attached hydrogens (primary N) is 1. The number of carboxylic acid groups (broad SMARTS) is 1. The van der Waals surface area contributed by atoms with Crippen LogP contribution in [0.25, 0.3) is 0 Å². The molecule has 0 saturated carbocycles. The molecule has 3 rings (SSSR count). The molecule has 2 aliphatic heterocycles. The SMILES string of the molecule is CC(C)(CC(N)=O)C(C(=O)NC1C(=O)COC1CN1CCCC1)n1ccc(C(=O)O)c1. The van der Waals surface area contributed by atoms with Gasteiger partial charge in [0.15, 0.2) is 5.78 Å². The van der Waals surface area contributed by atoms with Crippen molar-refractivity contribution in [1.82, 2.24) is 14.8 Å². The highest BCUT2D eigenvalue weighted by Gasteiger charge is 2.43. The summed E-state index contributed by atoms with van der Waals surface area (Å²) in [7, 11) is 0. The van der Waals surface area contributed by atoms with Gasteiger partial charge in [0, 0.05) is 30.8 Å². The molecule has 2 aliphatic rings. The third-order valence-electron chi connectivity index (χ3n) is 5.97. The first kappa shape index (κ1) is 23.0. The van der Waals surface area contributed by atoms with E-state index in [2.05, 4.69) is 10.2 Å². The van der Waals surface area contributed by atoms with E-state index in [9.17, 15) is 24.3 Å². The van der Waals surface area contributed by atoms with Gasteiger partial charge in [-0.15, -0.1) is 0 Å². The third kappa shape index (κ3) is 5.31. The molecule has 4 N–H and O–H groups in total. The summed E-state index contributed by atoms with van der Waals surface area (Å²) in [6, 6.07) is -0.369. The standard InChI is InChI=1S/C21H30N4O6/c1-21(2,9-16(22)27)18(25-8-5-13(10-25)20(29)30)19(28)23-17-14(26)12-31-15(17)11-24-6-3-4-7-24/h5,8,10,15,17-18H,3-4,6-7,9,11-12H2,1-2H3,(H2,22,27)(H,23,28)(H,29,30). The van der Waals surface area contributed by atoms with E-state index in [0.29, 0.717) is 6.54 Å². The maximum atomic E-state index is 13.4. The van der Waals surface area contributed by atoms with E-state index in [4.69, 9.17) is 10.5 Å². The van der Waals surface area contributed by atoms with Gasteiger partial charge < -0.3 is 30.4 Å². The van der Waals surface area contributed by atoms with Crippen molar-refractivity contribution in [2.24, 2.45) is 11.1 Å². The van der Waals surface area contributed by atoms with Crippen LogP contribution in [-0.2, 0) is 19.1 Å². The maximum absolute atomic E-state index is 13.4. The molecule has 3 atom stereocenters. The van der Waals surface area contributed by atoms with Crippen molar-refractivity contribution >= 4 is 23.6 Å². The Morgan fingerprint density at radius 3 is 2.58 bits per heavy atom. The predicted molar refractivity (Wildman–Crippen MR) is 110 cm³/mol. The Balaban J connectivity index is 1.83. The minimum Gasteiger partial charge on any atom is -0.478 e. The number of Topliss-reactive ketones (excluding diaryl/α,β-unsaturated/α-hetero) is 1. The van der Waals surface area contributed by atoms with E-state index in [0.717, 1.165) is 25.9 Å². The first-order valence-electron chi connectivity index (χ1n) is 10.4. The number of amides is 2. The van der Waals surface area contributed by atoms with Crippen molar-refractivity contribution in [3.8, 4) is 0 Å². The first-order chi connectivity index (χ1) is 14.6. The van der Waals surface area contributed by atoms with Gasteiger partial charge in [-0.1, -0.05) is 13.8 Å². The van der Waals surface area contributed by atoms with E-state index >= 15 is 0 Å². The van der Waals surface area contributed by atoms with Gasteiger partial charge in [0.2, 0.25) is 11.8 Å². The van der Waals surface area contributed by atoms with Gasteiger partial charge in [0.1, 0.15) is 18.7 Å². The monoisotopic (exact) mass is 434 g/mol. The molecule has 10 heteroatoms. The molecule has 10 nitrogen and oxygen atoms in total. The molecule has 31 heavy (non-hydrogen) atoms. The molecule has 1 aromatic rings. The number of carbonyl (C=O) groups is 4. The third-order valence-corrected chi connectivity index (χ3v) is 5.97. The van der Waals surface area contributed by atoms with Gasteiger partial charge in [-0.3, -0.25) is 14.4 Å². The average molecular weight is 434 g/mol. The largest absolute Gasteiger partial charge is 0.478 e. The number of nitrogens with one attached hydrogen (secondary N) is 1. The second-order valence-corrected chi connectivity index (χ2v) is 9.00. The summed E-state index contributed by atoms with van der Waals surface area (Å²) in [5.41, 5.74) is 4.47. The molecule has 170 valence electrons. The molecule has 3 heterocycles. The Morgan fingerprint density at radius 2 is 2.00 bits per heavy atom. The zero-order valence-corrected chi connectivity index (χ0v) is 17.9. The van der Waals surface area contributed by atoms with Gasteiger partial charge >= 0.3 is 5.97 Å². The number of aromatic nitrogens is 1. The predicted octanol–water partition coefficient (Wildman–Crippen LogP) is 0.178. The van der Waals surface area contributed by atoms with Crippen molar-refractivity contribution in [3.63, 3.8) is 0 Å². The number of carbonyl (C=O) groups excluding carboxylic acids is 3. The lowest BCUT2D eigenvalue weighted by Gasteiger charge is -2.35. The highest BCUT2D eigenvalue weighted by molar-refractivity contribution is 5.93. The number of hydrogen-bond acceptors (Lipinski definition) is 6. The van der Waals surface area contributed by atoms with E-state index in [1.807, 2.05) is 0 Å². The molecule has 2 fully saturated rings. The van der Waals surface area contributed by atoms with Crippen LogP contribution in [0.1, 0.15) is 49.5 Å². The second-order valence-electron chi connectivity index (χ2n) is 9.00. The summed E-state index contributed by atoms with van der Waals surface area (Å²) in [4.78, 5) is 51.0. The summed E-state index contributed by atoms with van der Waals surface area (Å²) in [6.07, 6.45) is 4.46. The van der Waals surface area contributed by atoms with Crippen LogP contribution >= 0.6 is 0 Å². The molecule has 2 saturated heterocycles. The van der Waals surface area contributed by atoms with Gasteiger partial charge in [-0.25, -0.2) is 4.79 Å². The molecule has 0 aromatic carbocycles. The fourth-order valence-corrected chi connectivity index (χ4v) is 4.51. The topological polar surface area (TPSA) is 144 Å². The Bertz CT molecular complexity index is 858. The molecule has 3 unspecified atom stereocenters. The van der Waals surface area contributed by atoms with Crippen LogP contribution in [0.5, 0.6) is 0 Å². The van der Waals surface area contributed by atoms with Crippen molar-refractivity contribution in [3.05, 3.63) is 24.0 Å². The number of aromatic carboxylic acids is 1. The molecule has 0 aliphatic carbocycles. The number of likely N-dealkylation sites (tertiary alicyclic amines) is 1.